The highest BCUT2D eigenvalue weighted by atomic mass is 32.1. The quantitative estimate of drug-likeness (QED) is 0.376. The Morgan fingerprint density at radius 1 is 0.929 bits per heavy atom. The Morgan fingerprint density at radius 2 is 1.43 bits per heavy atom. The molecule has 14 heavy (non-hydrogen) atoms. The van der Waals surface area contributed by atoms with Gasteiger partial charge in [0.25, 0.3) is 0 Å². The smallest absolute Gasteiger partial charge is 0.334 e. The van der Waals surface area contributed by atoms with E-state index in [9.17, 15) is 0 Å². The Morgan fingerprint density at radius 3 is 1.93 bits per heavy atom. The van der Waals surface area contributed by atoms with Crippen molar-refractivity contribution in [2.45, 2.75) is 44.7 Å². The topological polar surface area (TPSA) is 18.5 Å². The van der Waals surface area contributed by atoms with Gasteiger partial charge in [0, 0.05) is 14.2 Å². The highest BCUT2D eigenvalue weighted by molar-refractivity contribution is 7.80. The van der Waals surface area contributed by atoms with E-state index in [-0.39, 0.29) is 0 Å². The second-order valence-electron chi connectivity index (χ2n) is 3.78. The molecule has 0 saturated carbocycles. The molecular formula is C10H24O2SSi. The maximum absolute atomic E-state index is 5.42. The summed E-state index contributed by atoms with van der Waals surface area (Å²) in [5.41, 5.74) is 0. The summed E-state index contributed by atoms with van der Waals surface area (Å²) in [4.78, 5) is 0. The number of unbranched alkanes of at least 4 members (excludes halogenated alkanes) is 4. The summed E-state index contributed by atoms with van der Waals surface area (Å²) in [6.07, 6.45) is 6.40. The molecule has 0 fully saturated rings. The van der Waals surface area contributed by atoms with Gasteiger partial charge < -0.3 is 8.85 Å². The van der Waals surface area contributed by atoms with E-state index in [4.69, 9.17) is 8.85 Å². The molecule has 0 radical (unpaired) electrons. The number of thiol groups is 1. The maximum atomic E-state index is 5.42. The van der Waals surface area contributed by atoms with Crippen molar-refractivity contribution in [2.75, 3.05) is 20.0 Å². The van der Waals surface area contributed by atoms with Crippen molar-refractivity contribution in [1.29, 1.82) is 0 Å². The predicted octanol–water partition coefficient (Wildman–Crippen LogP) is 3.23. The van der Waals surface area contributed by atoms with E-state index in [0.29, 0.717) is 0 Å². The minimum absolute atomic E-state index is 1.02. The summed E-state index contributed by atoms with van der Waals surface area (Å²) in [7, 11) is 1.74. The summed E-state index contributed by atoms with van der Waals surface area (Å²) < 4.78 is 10.8. The Bertz CT molecular complexity index is 129. The maximum Gasteiger partial charge on any atom is 0.334 e. The van der Waals surface area contributed by atoms with Crippen LogP contribution in [-0.4, -0.2) is 28.5 Å². The lowest BCUT2D eigenvalue weighted by molar-refractivity contribution is 0.248. The zero-order valence-corrected chi connectivity index (χ0v) is 11.6. The summed E-state index contributed by atoms with van der Waals surface area (Å²) in [6.45, 7) is 2.13. The summed E-state index contributed by atoms with van der Waals surface area (Å²) in [6, 6.07) is 1.11. The van der Waals surface area contributed by atoms with Crippen molar-refractivity contribution in [3.05, 3.63) is 0 Å². The van der Waals surface area contributed by atoms with Crippen LogP contribution in [-0.2, 0) is 8.85 Å². The molecular weight excluding hydrogens is 212 g/mol. The van der Waals surface area contributed by atoms with Gasteiger partial charge in [0.05, 0.1) is 0 Å². The monoisotopic (exact) mass is 236 g/mol. The second-order valence-corrected chi connectivity index (χ2v) is 7.81. The molecule has 0 aromatic heterocycles. The van der Waals surface area contributed by atoms with Crippen molar-refractivity contribution in [1.82, 2.24) is 0 Å². The van der Waals surface area contributed by atoms with Crippen molar-refractivity contribution in [3.8, 4) is 0 Å². The molecule has 0 aromatic carbocycles. The molecule has 0 spiro atoms. The van der Waals surface area contributed by atoms with Gasteiger partial charge in [-0.1, -0.05) is 25.7 Å². The van der Waals surface area contributed by atoms with E-state index in [0.717, 1.165) is 11.8 Å². The molecule has 0 heterocycles. The summed E-state index contributed by atoms with van der Waals surface area (Å²) in [5.74, 6) is 1.02. The van der Waals surface area contributed by atoms with Crippen molar-refractivity contribution in [3.63, 3.8) is 0 Å². The second kappa shape index (κ2) is 8.77. The standard InChI is InChI=1S/C10H24O2SSi/c1-11-14(3,12-2)10-8-6-4-5-7-9-13/h13H,4-10H2,1-3H3. The van der Waals surface area contributed by atoms with Gasteiger partial charge >= 0.3 is 8.56 Å². The fourth-order valence-electron chi connectivity index (χ4n) is 1.38. The van der Waals surface area contributed by atoms with Crippen molar-refractivity contribution < 1.29 is 8.85 Å². The van der Waals surface area contributed by atoms with Crippen molar-refractivity contribution in [2.24, 2.45) is 0 Å². The number of hydrogen-bond acceptors (Lipinski definition) is 3. The van der Waals surface area contributed by atoms with Crippen LogP contribution in [0.5, 0.6) is 0 Å². The van der Waals surface area contributed by atoms with Crippen LogP contribution in [0.2, 0.25) is 12.6 Å². The van der Waals surface area contributed by atoms with Gasteiger partial charge in [-0.15, -0.1) is 0 Å². The van der Waals surface area contributed by atoms with Gasteiger partial charge in [0.1, 0.15) is 0 Å². The fourth-order valence-corrected chi connectivity index (χ4v) is 3.07. The van der Waals surface area contributed by atoms with E-state index in [2.05, 4.69) is 19.2 Å². The summed E-state index contributed by atoms with van der Waals surface area (Å²) >= 11 is 4.19. The van der Waals surface area contributed by atoms with Crippen LogP contribution in [0.1, 0.15) is 32.1 Å². The van der Waals surface area contributed by atoms with Crippen LogP contribution < -0.4 is 0 Å². The number of rotatable bonds is 9. The van der Waals surface area contributed by atoms with Crippen LogP contribution in [0, 0.1) is 0 Å². The van der Waals surface area contributed by atoms with Crippen LogP contribution in [0.4, 0.5) is 0 Å². The first-order chi connectivity index (χ1) is 6.68. The zero-order valence-electron chi connectivity index (χ0n) is 9.71. The molecule has 0 amide bonds. The lowest BCUT2D eigenvalue weighted by Crippen LogP contribution is -2.35. The molecule has 4 heteroatoms. The third-order valence-corrected chi connectivity index (χ3v) is 5.96. The molecule has 0 aromatic rings. The van der Waals surface area contributed by atoms with E-state index in [1.807, 2.05) is 0 Å². The average molecular weight is 236 g/mol. The first-order valence-corrected chi connectivity index (χ1v) is 8.55. The first kappa shape index (κ1) is 14.5. The largest absolute Gasteiger partial charge is 0.398 e. The highest BCUT2D eigenvalue weighted by Gasteiger charge is 2.27. The third-order valence-electron chi connectivity index (χ3n) is 2.65. The molecule has 2 nitrogen and oxygen atoms in total. The van der Waals surface area contributed by atoms with Gasteiger partial charge in [0.15, 0.2) is 0 Å². The van der Waals surface area contributed by atoms with Gasteiger partial charge in [-0.3, -0.25) is 0 Å². The average Bonchev–Trinajstić information content (AvgIpc) is 2.23. The van der Waals surface area contributed by atoms with Crippen LogP contribution in [0.15, 0.2) is 0 Å². The molecule has 86 valence electrons. The Kier molecular flexibility index (Phi) is 9.07. The molecule has 0 unspecified atom stereocenters. The highest BCUT2D eigenvalue weighted by Crippen LogP contribution is 2.16. The van der Waals surface area contributed by atoms with Gasteiger partial charge in [0.2, 0.25) is 0 Å². The molecule has 0 saturated heterocycles. The van der Waals surface area contributed by atoms with Crippen molar-refractivity contribution >= 4 is 21.2 Å². The fraction of sp³-hybridized carbons (Fsp3) is 1.00. The van der Waals surface area contributed by atoms with Gasteiger partial charge in [-0.05, 0) is 24.8 Å². The first-order valence-electron chi connectivity index (χ1n) is 5.39. The van der Waals surface area contributed by atoms with Gasteiger partial charge in [-0.2, -0.15) is 12.6 Å². The summed E-state index contributed by atoms with van der Waals surface area (Å²) in [5, 5.41) is 0. The number of hydrogen-bond donors (Lipinski definition) is 1. The lowest BCUT2D eigenvalue weighted by atomic mass is 10.2. The normalized spacial score (nSPS) is 12.0. The minimum Gasteiger partial charge on any atom is -0.398 e. The Balaban J connectivity index is 3.34. The lowest BCUT2D eigenvalue weighted by Gasteiger charge is -2.22. The molecule has 0 atom stereocenters. The zero-order chi connectivity index (χ0) is 10.9. The van der Waals surface area contributed by atoms with E-state index in [1.165, 1.54) is 32.1 Å². The molecule has 0 rings (SSSR count). The van der Waals surface area contributed by atoms with Crippen LogP contribution >= 0.6 is 12.6 Å². The Labute approximate surface area is 95.0 Å². The minimum atomic E-state index is -1.78. The molecule has 0 N–H and O–H groups in total. The molecule has 0 bridgehead atoms. The van der Waals surface area contributed by atoms with Crippen LogP contribution in [0.25, 0.3) is 0 Å². The van der Waals surface area contributed by atoms with E-state index < -0.39 is 8.56 Å². The predicted molar refractivity (Wildman–Crippen MR) is 67.4 cm³/mol. The molecule has 0 aliphatic rings. The Hall–Kier alpha value is 0.487. The molecule has 0 aliphatic heterocycles. The third kappa shape index (κ3) is 6.87. The van der Waals surface area contributed by atoms with Gasteiger partial charge in [-0.25, -0.2) is 0 Å². The van der Waals surface area contributed by atoms with E-state index in [1.54, 1.807) is 14.2 Å². The SMILES string of the molecule is CO[Si](C)(CCCCCCCS)OC. The molecule has 0 aliphatic carbocycles. The van der Waals surface area contributed by atoms with Crippen LogP contribution in [0.3, 0.4) is 0 Å². The van der Waals surface area contributed by atoms with E-state index >= 15 is 0 Å².